The first kappa shape index (κ1) is 14.3. The molecular weight excluding hydrogens is 224 g/mol. The first-order valence-electron chi connectivity index (χ1n) is 7.76. The van der Waals surface area contributed by atoms with E-state index in [4.69, 9.17) is 4.74 Å². The molecule has 3 nitrogen and oxygen atoms in total. The van der Waals surface area contributed by atoms with Crippen LogP contribution in [0.1, 0.15) is 46.0 Å². The third-order valence-electron chi connectivity index (χ3n) is 4.39. The van der Waals surface area contributed by atoms with Crippen LogP contribution < -0.4 is 5.32 Å². The average Bonchev–Trinajstić information content (AvgIpc) is 2.66. The average molecular weight is 254 g/mol. The summed E-state index contributed by atoms with van der Waals surface area (Å²) < 4.78 is 5.92. The minimum atomic E-state index is 0.504. The fraction of sp³-hybridized carbons (Fsp3) is 1.00. The molecule has 2 atom stereocenters. The molecule has 0 aromatic heterocycles. The Hall–Kier alpha value is -0.120. The smallest absolute Gasteiger partial charge is 0.0587 e. The Labute approximate surface area is 112 Å². The van der Waals surface area contributed by atoms with Gasteiger partial charge in [-0.1, -0.05) is 13.8 Å². The first-order valence-corrected chi connectivity index (χ1v) is 7.76. The fourth-order valence-corrected chi connectivity index (χ4v) is 3.28. The van der Waals surface area contributed by atoms with E-state index in [0.29, 0.717) is 11.5 Å². The maximum absolute atomic E-state index is 5.92. The highest BCUT2D eigenvalue weighted by atomic mass is 16.5. The van der Waals surface area contributed by atoms with Crippen LogP contribution in [0.4, 0.5) is 0 Å². The lowest BCUT2D eigenvalue weighted by Crippen LogP contribution is -2.38. The van der Waals surface area contributed by atoms with Crippen molar-refractivity contribution in [2.75, 3.05) is 39.3 Å². The highest BCUT2D eigenvalue weighted by Crippen LogP contribution is 2.27. The van der Waals surface area contributed by atoms with Crippen LogP contribution in [0.3, 0.4) is 0 Å². The lowest BCUT2D eigenvalue weighted by molar-refractivity contribution is 0.0430. The molecule has 2 rings (SSSR count). The van der Waals surface area contributed by atoms with Gasteiger partial charge < -0.3 is 15.0 Å². The SMILES string of the molecule is CCCOC1CCCN(CC2(C)CCNC2)CC1. The van der Waals surface area contributed by atoms with Crippen molar-refractivity contribution in [2.45, 2.75) is 52.1 Å². The van der Waals surface area contributed by atoms with Gasteiger partial charge in [-0.15, -0.1) is 0 Å². The second-order valence-electron chi connectivity index (χ2n) is 6.44. The number of hydrogen-bond acceptors (Lipinski definition) is 3. The fourth-order valence-electron chi connectivity index (χ4n) is 3.28. The van der Waals surface area contributed by atoms with E-state index < -0.39 is 0 Å². The van der Waals surface area contributed by atoms with Crippen LogP contribution in [0.5, 0.6) is 0 Å². The molecule has 0 aromatic rings. The van der Waals surface area contributed by atoms with Crippen LogP contribution in [-0.4, -0.2) is 50.3 Å². The lowest BCUT2D eigenvalue weighted by Gasteiger charge is -2.31. The van der Waals surface area contributed by atoms with Crippen LogP contribution in [0.15, 0.2) is 0 Å². The Kier molecular flexibility index (Phi) is 5.46. The van der Waals surface area contributed by atoms with Gasteiger partial charge in [0.05, 0.1) is 6.10 Å². The van der Waals surface area contributed by atoms with Gasteiger partial charge >= 0.3 is 0 Å². The number of hydrogen-bond donors (Lipinski definition) is 1. The van der Waals surface area contributed by atoms with E-state index in [1.807, 2.05) is 0 Å². The molecule has 2 aliphatic rings. The largest absolute Gasteiger partial charge is 0.378 e. The van der Waals surface area contributed by atoms with Crippen LogP contribution >= 0.6 is 0 Å². The van der Waals surface area contributed by atoms with Crippen LogP contribution in [0, 0.1) is 5.41 Å². The molecular formula is C15H30N2O. The molecule has 18 heavy (non-hydrogen) atoms. The normalized spacial score (nSPS) is 34.7. The highest BCUT2D eigenvalue weighted by molar-refractivity contribution is 4.87. The predicted octanol–water partition coefficient (Wildman–Crippen LogP) is 2.27. The molecule has 3 heteroatoms. The van der Waals surface area contributed by atoms with Crippen molar-refractivity contribution >= 4 is 0 Å². The van der Waals surface area contributed by atoms with E-state index >= 15 is 0 Å². The van der Waals surface area contributed by atoms with Crippen molar-refractivity contribution in [3.05, 3.63) is 0 Å². The Morgan fingerprint density at radius 2 is 2.22 bits per heavy atom. The summed E-state index contributed by atoms with van der Waals surface area (Å²) in [7, 11) is 0. The highest BCUT2D eigenvalue weighted by Gasteiger charge is 2.31. The van der Waals surface area contributed by atoms with Crippen LogP contribution in [-0.2, 0) is 4.74 Å². The molecule has 0 spiro atoms. The number of nitrogens with one attached hydrogen (secondary N) is 1. The summed E-state index contributed by atoms with van der Waals surface area (Å²) >= 11 is 0. The Bertz CT molecular complexity index is 239. The Morgan fingerprint density at radius 1 is 1.33 bits per heavy atom. The van der Waals surface area contributed by atoms with Gasteiger partial charge in [0.2, 0.25) is 0 Å². The summed E-state index contributed by atoms with van der Waals surface area (Å²) in [4.78, 5) is 2.67. The van der Waals surface area contributed by atoms with Gasteiger partial charge in [-0.2, -0.15) is 0 Å². The minimum absolute atomic E-state index is 0.504. The van der Waals surface area contributed by atoms with Gasteiger partial charge in [0.1, 0.15) is 0 Å². The van der Waals surface area contributed by atoms with Crippen molar-refractivity contribution in [3.8, 4) is 0 Å². The van der Waals surface area contributed by atoms with Gasteiger partial charge in [0.25, 0.3) is 0 Å². The number of rotatable bonds is 5. The van der Waals surface area contributed by atoms with Crippen molar-refractivity contribution in [3.63, 3.8) is 0 Å². The number of nitrogens with zero attached hydrogens (tertiary/aromatic N) is 1. The molecule has 0 amide bonds. The molecule has 0 saturated carbocycles. The minimum Gasteiger partial charge on any atom is -0.378 e. The standard InChI is InChI=1S/C15H30N2O/c1-3-11-18-14-5-4-9-17(10-6-14)13-15(2)7-8-16-12-15/h14,16H,3-13H2,1-2H3. The van der Waals surface area contributed by atoms with Gasteiger partial charge in [0, 0.05) is 26.2 Å². The van der Waals surface area contributed by atoms with Gasteiger partial charge in [-0.3, -0.25) is 0 Å². The molecule has 2 aliphatic heterocycles. The first-order chi connectivity index (χ1) is 8.72. The van der Waals surface area contributed by atoms with E-state index in [1.54, 1.807) is 0 Å². The zero-order chi connectivity index (χ0) is 12.8. The molecule has 2 unspecified atom stereocenters. The maximum Gasteiger partial charge on any atom is 0.0587 e. The molecule has 2 saturated heterocycles. The second kappa shape index (κ2) is 6.88. The molecule has 0 aromatic carbocycles. The predicted molar refractivity (Wildman–Crippen MR) is 75.9 cm³/mol. The van der Waals surface area contributed by atoms with Crippen molar-refractivity contribution < 1.29 is 4.74 Å². The van der Waals surface area contributed by atoms with Gasteiger partial charge in [-0.05, 0) is 50.6 Å². The van der Waals surface area contributed by atoms with Gasteiger partial charge in [0.15, 0.2) is 0 Å². The zero-order valence-electron chi connectivity index (χ0n) is 12.2. The molecule has 0 aliphatic carbocycles. The monoisotopic (exact) mass is 254 g/mol. The van der Waals surface area contributed by atoms with E-state index in [1.165, 1.54) is 58.4 Å². The number of likely N-dealkylation sites (tertiary alicyclic amines) is 1. The molecule has 2 heterocycles. The molecule has 1 N–H and O–H groups in total. The summed E-state index contributed by atoms with van der Waals surface area (Å²) in [5, 5.41) is 3.50. The molecule has 0 radical (unpaired) electrons. The Balaban J connectivity index is 1.74. The summed E-state index contributed by atoms with van der Waals surface area (Å²) in [6, 6.07) is 0. The van der Waals surface area contributed by atoms with E-state index in [9.17, 15) is 0 Å². The van der Waals surface area contributed by atoms with Crippen LogP contribution in [0.25, 0.3) is 0 Å². The maximum atomic E-state index is 5.92. The van der Waals surface area contributed by atoms with E-state index in [-0.39, 0.29) is 0 Å². The number of ether oxygens (including phenoxy) is 1. The Morgan fingerprint density at radius 3 is 2.94 bits per heavy atom. The summed E-state index contributed by atoms with van der Waals surface area (Å²) in [5.74, 6) is 0. The topological polar surface area (TPSA) is 24.5 Å². The summed E-state index contributed by atoms with van der Waals surface area (Å²) in [6.07, 6.45) is 6.78. The summed E-state index contributed by atoms with van der Waals surface area (Å²) in [5.41, 5.74) is 0.504. The zero-order valence-corrected chi connectivity index (χ0v) is 12.2. The van der Waals surface area contributed by atoms with E-state index in [2.05, 4.69) is 24.1 Å². The molecule has 2 fully saturated rings. The van der Waals surface area contributed by atoms with E-state index in [0.717, 1.165) is 13.0 Å². The van der Waals surface area contributed by atoms with Crippen molar-refractivity contribution in [2.24, 2.45) is 5.41 Å². The lowest BCUT2D eigenvalue weighted by atomic mass is 9.89. The third-order valence-corrected chi connectivity index (χ3v) is 4.39. The van der Waals surface area contributed by atoms with Gasteiger partial charge in [-0.25, -0.2) is 0 Å². The summed E-state index contributed by atoms with van der Waals surface area (Å²) in [6.45, 7) is 11.7. The van der Waals surface area contributed by atoms with Crippen LogP contribution in [0.2, 0.25) is 0 Å². The third kappa shape index (κ3) is 4.22. The van der Waals surface area contributed by atoms with Crippen molar-refractivity contribution in [1.29, 1.82) is 0 Å². The molecule has 0 bridgehead atoms. The van der Waals surface area contributed by atoms with Crippen molar-refractivity contribution in [1.82, 2.24) is 10.2 Å². The molecule has 106 valence electrons. The second-order valence-corrected chi connectivity index (χ2v) is 6.44. The quantitative estimate of drug-likeness (QED) is 0.814.